The SMILES string of the molecule is CCNC(c1cccc(CC)c1)C(CC)OCC. The largest absolute Gasteiger partial charge is 0.377 e. The Kier molecular flexibility index (Phi) is 6.99. The van der Waals surface area contributed by atoms with Crippen molar-refractivity contribution in [3.8, 4) is 0 Å². The van der Waals surface area contributed by atoms with Gasteiger partial charge in [-0.25, -0.2) is 0 Å². The molecule has 2 nitrogen and oxygen atoms in total. The van der Waals surface area contributed by atoms with Crippen LogP contribution in [0.5, 0.6) is 0 Å². The zero-order valence-corrected chi connectivity index (χ0v) is 12.2. The highest BCUT2D eigenvalue weighted by Crippen LogP contribution is 2.22. The van der Waals surface area contributed by atoms with Gasteiger partial charge in [-0.05, 0) is 37.4 Å². The number of nitrogens with one attached hydrogen (secondary N) is 1. The van der Waals surface area contributed by atoms with Crippen LogP contribution in [0.4, 0.5) is 0 Å². The van der Waals surface area contributed by atoms with E-state index in [-0.39, 0.29) is 6.10 Å². The Morgan fingerprint density at radius 3 is 2.50 bits per heavy atom. The molecule has 0 aliphatic heterocycles. The molecule has 0 saturated carbocycles. The van der Waals surface area contributed by atoms with Crippen LogP contribution in [0.25, 0.3) is 0 Å². The standard InChI is InChI=1S/C16H27NO/c1-5-13-10-9-11-14(12-13)16(17-7-3)15(6-2)18-8-4/h9-12,15-17H,5-8H2,1-4H3. The van der Waals surface area contributed by atoms with Crippen LogP contribution >= 0.6 is 0 Å². The summed E-state index contributed by atoms with van der Waals surface area (Å²) in [5, 5.41) is 3.56. The average molecular weight is 249 g/mol. The molecule has 1 aromatic rings. The Morgan fingerprint density at radius 1 is 1.17 bits per heavy atom. The second-order valence-electron chi connectivity index (χ2n) is 4.54. The van der Waals surface area contributed by atoms with Crippen LogP contribution in [0.3, 0.4) is 0 Å². The molecule has 2 atom stereocenters. The second kappa shape index (κ2) is 8.28. The van der Waals surface area contributed by atoms with Gasteiger partial charge in [-0.1, -0.05) is 45.0 Å². The number of hydrogen-bond donors (Lipinski definition) is 1. The predicted octanol–water partition coefficient (Wildman–Crippen LogP) is 3.71. The summed E-state index contributed by atoms with van der Waals surface area (Å²) in [5.74, 6) is 0. The molecule has 0 aliphatic carbocycles. The van der Waals surface area contributed by atoms with Gasteiger partial charge in [0.05, 0.1) is 12.1 Å². The molecule has 0 fully saturated rings. The maximum atomic E-state index is 5.87. The van der Waals surface area contributed by atoms with E-state index < -0.39 is 0 Å². The van der Waals surface area contributed by atoms with E-state index in [2.05, 4.69) is 57.3 Å². The summed E-state index contributed by atoms with van der Waals surface area (Å²) in [6.07, 6.45) is 2.36. The van der Waals surface area contributed by atoms with E-state index in [9.17, 15) is 0 Å². The maximum absolute atomic E-state index is 5.87. The van der Waals surface area contributed by atoms with Gasteiger partial charge in [0.2, 0.25) is 0 Å². The van der Waals surface area contributed by atoms with Crippen LogP contribution in [-0.2, 0) is 11.2 Å². The third kappa shape index (κ3) is 4.11. The van der Waals surface area contributed by atoms with Crippen molar-refractivity contribution in [1.82, 2.24) is 5.32 Å². The first-order chi connectivity index (χ1) is 8.76. The molecule has 0 bridgehead atoms. The van der Waals surface area contributed by atoms with E-state index in [1.165, 1.54) is 11.1 Å². The minimum absolute atomic E-state index is 0.252. The molecule has 102 valence electrons. The lowest BCUT2D eigenvalue weighted by Gasteiger charge is -2.27. The van der Waals surface area contributed by atoms with Crippen LogP contribution in [0.1, 0.15) is 51.3 Å². The molecule has 2 heteroatoms. The van der Waals surface area contributed by atoms with Gasteiger partial charge < -0.3 is 10.1 Å². The number of rotatable bonds is 8. The highest BCUT2D eigenvalue weighted by molar-refractivity contribution is 5.27. The summed E-state index contributed by atoms with van der Waals surface area (Å²) in [5.41, 5.74) is 2.73. The first-order valence-corrected chi connectivity index (χ1v) is 7.20. The fourth-order valence-corrected chi connectivity index (χ4v) is 2.35. The Labute approximate surface area is 112 Å². The van der Waals surface area contributed by atoms with Crippen molar-refractivity contribution in [2.45, 2.75) is 52.7 Å². The monoisotopic (exact) mass is 249 g/mol. The smallest absolute Gasteiger partial charge is 0.0766 e. The summed E-state index contributed by atoms with van der Waals surface area (Å²) < 4.78 is 5.87. The van der Waals surface area contributed by atoms with Crippen LogP contribution in [0.2, 0.25) is 0 Å². The van der Waals surface area contributed by atoms with Gasteiger partial charge in [0.1, 0.15) is 0 Å². The molecule has 0 spiro atoms. The Hall–Kier alpha value is -0.860. The summed E-state index contributed by atoms with van der Waals surface area (Å²) in [4.78, 5) is 0. The van der Waals surface area contributed by atoms with E-state index in [4.69, 9.17) is 4.74 Å². The first-order valence-electron chi connectivity index (χ1n) is 7.20. The molecule has 0 saturated heterocycles. The van der Waals surface area contributed by atoms with Crippen molar-refractivity contribution in [3.05, 3.63) is 35.4 Å². The molecule has 18 heavy (non-hydrogen) atoms. The van der Waals surface area contributed by atoms with Gasteiger partial charge in [0.15, 0.2) is 0 Å². The fraction of sp³-hybridized carbons (Fsp3) is 0.625. The minimum atomic E-state index is 0.252. The molecule has 0 aromatic heterocycles. The summed E-state index contributed by atoms with van der Waals surface area (Å²) >= 11 is 0. The van der Waals surface area contributed by atoms with Crippen molar-refractivity contribution in [2.24, 2.45) is 0 Å². The average Bonchev–Trinajstić information content (AvgIpc) is 2.42. The number of ether oxygens (including phenoxy) is 1. The molecule has 0 heterocycles. The molecule has 0 aliphatic rings. The quantitative estimate of drug-likeness (QED) is 0.758. The lowest BCUT2D eigenvalue weighted by molar-refractivity contribution is 0.0318. The van der Waals surface area contributed by atoms with Crippen LogP contribution in [0, 0.1) is 0 Å². The maximum Gasteiger partial charge on any atom is 0.0766 e. The third-order valence-corrected chi connectivity index (χ3v) is 3.30. The van der Waals surface area contributed by atoms with Gasteiger partial charge in [0.25, 0.3) is 0 Å². The number of benzene rings is 1. The molecule has 2 unspecified atom stereocenters. The van der Waals surface area contributed by atoms with Crippen molar-refractivity contribution in [3.63, 3.8) is 0 Å². The number of hydrogen-bond acceptors (Lipinski definition) is 2. The Bertz CT molecular complexity index is 338. The van der Waals surface area contributed by atoms with Crippen molar-refractivity contribution < 1.29 is 4.74 Å². The van der Waals surface area contributed by atoms with Gasteiger partial charge in [0, 0.05) is 6.61 Å². The van der Waals surface area contributed by atoms with E-state index in [0.717, 1.165) is 26.0 Å². The van der Waals surface area contributed by atoms with Crippen molar-refractivity contribution in [1.29, 1.82) is 0 Å². The summed E-state index contributed by atoms with van der Waals surface area (Å²) in [6.45, 7) is 10.3. The molecular formula is C16H27NO. The topological polar surface area (TPSA) is 21.3 Å². The lowest BCUT2D eigenvalue weighted by Crippen LogP contribution is -2.33. The van der Waals surface area contributed by atoms with Gasteiger partial charge in [-0.2, -0.15) is 0 Å². The summed E-state index contributed by atoms with van der Waals surface area (Å²) in [7, 11) is 0. The molecular weight excluding hydrogens is 222 g/mol. The number of likely N-dealkylation sites (N-methyl/N-ethyl adjacent to an activating group) is 1. The number of aryl methyl sites for hydroxylation is 1. The second-order valence-corrected chi connectivity index (χ2v) is 4.54. The van der Waals surface area contributed by atoms with E-state index in [0.29, 0.717) is 6.04 Å². The van der Waals surface area contributed by atoms with Gasteiger partial charge >= 0.3 is 0 Å². The van der Waals surface area contributed by atoms with Gasteiger partial charge in [-0.3, -0.25) is 0 Å². The predicted molar refractivity (Wildman–Crippen MR) is 77.9 cm³/mol. The Morgan fingerprint density at radius 2 is 1.94 bits per heavy atom. The van der Waals surface area contributed by atoms with Crippen molar-refractivity contribution in [2.75, 3.05) is 13.2 Å². The van der Waals surface area contributed by atoms with Gasteiger partial charge in [-0.15, -0.1) is 0 Å². The van der Waals surface area contributed by atoms with E-state index >= 15 is 0 Å². The molecule has 0 amide bonds. The molecule has 1 rings (SSSR count). The molecule has 1 aromatic carbocycles. The molecule has 1 N–H and O–H groups in total. The minimum Gasteiger partial charge on any atom is -0.377 e. The van der Waals surface area contributed by atoms with E-state index in [1.54, 1.807) is 0 Å². The molecule has 0 radical (unpaired) electrons. The lowest BCUT2D eigenvalue weighted by atomic mass is 9.97. The fourth-order valence-electron chi connectivity index (χ4n) is 2.35. The zero-order valence-electron chi connectivity index (χ0n) is 12.2. The van der Waals surface area contributed by atoms with E-state index in [1.807, 2.05) is 0 Å². The first kappa shape index (κ1) is 15.2. The Balaban J connectivity index is 2.93. The zero-order chi connectivity index (χ0) is 13.4. The summed E-state index contributed by atoms with van der Waals surface area (Å²) in [6, 6.07) is 9.14. The van der Waals surface area contributed by atoms with Crippen LogP contribution in [-0.4, -0.2) is 19.3 Å². The van der Waals surface area contributed by atoms with Crippen molar-refractivity contribution >= 4 is 0 Å². The highest BCUT2D eigenvalue weighted by atomic mass is 16.5. The third-order valence-electron chi connectivity index (χ3n) is 3.30. The highest BCUT2D eigenvalue weighted by Gasteiger charge is 2.21. The normalized spacial score (nSPS) is 14.4. The van der Waals surface area contributed by atoms with Crippen LogP contribution < -0.4 is 5.32 Å². The van der Waals surface area contributed by atoms with Crippen LogP contribution in [0.15, 0.2) is 24.3 Å².